The highest BCUT2D eigenvalue weighted by atomic mass is 16.2. The lowest BCUT2D eigenvalue weighted by Crippen LogP contribution is -2.43. The second kappa shape index (κ2) is 6.90. The zero-order valence-corrected chi connectivity index (χ0v) is 15.0. The molecule has 2 amide bonds. The SMILES string of the molecule is Cc1ccc(C(=O)NNC(=O)Cn2cnc3c2c(=O)n(C)c(=O)n3C)cc1. The van der Waals surface area contributed by atoms with Crippen molar-refractivity contribution in [2.45, 2.75) is 13.5 Å². The first-order valence-corrected chi connectivity index (χ1v) is 8.06. The van der Waals surface area contributed by atoms with Crippen LogP contribution in [0.1, 0.15) is 15.9 Å². The van der Waals surface area contributed by atoms with Gasteiger partial charge in [-0.1, -0.05) is 17.7 Å². The van der Waals surface area contributed by atoms with E-state index < -0.39 is 23.1 Å². The van der Waals surface area contributed by atoms with E-state index in [1.807, 2.05) is 6.92 Å². The zero-order valence-electron chi connectivity index (χ0n) is 15.0. The van der Waals surface area contributed by atoms with Crippen molar-refractivity contribution < 1.29 is 9.59 Å². The summed E-state index contributed by atoms with van der Waals surface area (Å²) in [6, 6.07) is 6.86. The van der Waals surface area contributed by atoms with E-state index in [4.69, 9.17) is 0 Å². The smallest absolute Gasteiger partial charge is 0.315 e. The number of aryl methyl sites for hydroxylation is 2. The molecule has 1 aromatic carbocycles. The molecule has 2 aromatic heterocycles. The molecule has 0 atom stereocenters. The van der Waals surface area contributed by atoms with Gasteiger partial charge in [0.05, 0.1) is 6.33 Å². The number of carbonyl (C=O) groups is 2. The van der Waals surface area contributed by atoms with E-state index in [0.29, 0.717) is 5.56 Å². The third-order valence-corrected chi connectivity index (χ3v) is 4.16. The highest BCUT2D eigenvalue weighted by Gasteiger charge is 2.16. The summed E-state index contributed by atoms with van der Waals surface area (Å²) in [6.07, 6.45) is 1.30. The lowest BCUT2D eigenvalue weighted by Gasteiger charge is -2.09. The van der Waals surface area contributed by atoms with Crippen molar-refractivity contribution in [1.82, 2.24) is 29.5 Å². The average molecular weight is 370 g/mol. The Morgan fingerprint density at radius 1 is 1.04 bits per heavy atom. The van der Waals surface area contributed by atoms with Gasteiger partial charge in [0.15, 0.2) is 11.2 Å². The lowest BCUT2D eigenvalue weighted by atomic mass is 10.1. The van der Waals surface area contributed by atoms with Crippen LogP contribution in [-0.4, -0.2) is 30.5 Å². The van der Waals surface area contributed by atoms with Crippen LogP contribution in [-0.2, 0) is 25.4 Å². The monoisotopic (exact) mass is 370 g/mol. The standard InChI is InChI=1S/C17H18N6O4/c1-10-4-6-11(7-5-10)15(25)20-19-12(24)8-23-9-18-14-13(23)16(26)22(3)17(27)21(14)2/h4-7,9H,8H2,1-3H3,(H,19,24)(H,20,25). The normalized spacial score (nSPS) is 10.8. The van der Waals surface area contributed by atoms with Gasteiger partial charge in [0, 0.05) is 19.7 Å². The fourth-order valence-corrected chi connectivity index (χ4v) is 2.61. The van der Waals surface area contributed by atoms with Gasteiger partial charge < -0.3 is 4.57 Å². The third kappa shape index (κ3) is 3.36. The summed E-state index contributed by atoms with van der Waals surface area (Å²) in [5.41, 5.74) is 5.27. The van der Waals surface area contributed by atoms with Crippen molar-refractivity contribution in [2.24, 2.45) is 14.1 Å². The van der Waals surface area contributed by atoms with E-state index in [1.165, 1.54) is 29.6 Å². The number of benzene rings is 1. The molecule has 0 radical (unpaired) electrons. The number of hydrogen-bond donors (Lipinski definition) is 2. The van der Waals surface area contributed by atoms with E-state index >= 15 is 0 Å². The molecule has 2 N–H and O–H groups in total. The first-order chi connectivity index (χ1) is 12.8. The van der Waals surface area contributed by atoms with Gasteiger partial charge in [0.2, 0.25) is 0 Å². The van der Waals surface area contributed by atoms with Gasteiger partial charge in [-0.2, -0.15) is 0 Å². The number of nitrogens with one attached hydrogen (secondary N) is 2. The predicted molar refractivity (Wildman–Crippen MR) is 97.0 cm³/mol. The molecule has 3 aromatic rings. The molecule has 0 unspecified atom stereocenters. The van der Waals surface area contributed by atoms with E-state index in [1.54, 1.807) is 24.3 Å². The Bertz CT molecular complexity index is 1150. The largest absolute Gasteiger partial charge is 0.332 e. The highest BCUT2D eigenvalue weighted by molar-refractivity contribution is 5.95. The van der Waals surface area contributed by atoms with E-state index in [9.17, 15) is 19.2 Å². The molecule has 0 aliphatic heterocycles. The molecule has 0 bridgehead atoms. The number of fused-ring (bicyclic) bond motifs is 1. The Labute approximate surface area is 153 Å². The summed E-state index contributed by atoms with van der Waals surface area (Å²) in [7, 11) is 2.84. The molecule has 0 saturated heterocycles. The van der Waals surface area contributed by atoms with E-state index in [0.717, 1.165) is 10.1 Å². The van der Waals surface area contributed by atoms with Crippen LogP contribution in [0, 0.1) is 6.92 Å². The van der Waals surface area contributed by atoms with Gasteiger partial charge in [0.1, 0.15) is 6.54 Å². The molecule has 10 nitrogen and oxygen atoms in total. The van der Waals surface area contributed by atoms with Crippen LogP contribution in [0.2, 0.25) is 0 Å². The molecule has 27 heavy (non-hydrogen) atoms. The Balaban J connectivity index is 1.75. The molecule has 0 aliphatic carbocycles. The predicted octanol–water partition coefficient (Wildman–Crippen LogP) is -0.797. The van der Waals surface area contributed by atoms with Crippen molar-refractivity contribution in [3.05, 3.63) is 62.6 Å². The van der Waals surface area contributed by atoms with Gasteiger partial charge in [-0.15, -0.1) is 0 Å². The average Bonchev–Trinajstić information content (AvgIpc) is 3.07. The maximum atomic E-state index is 12.3. The second-order valence-electron chi connectivity index (χ2n) is 6.12. The van der Waals surface area contributed by atoms with Gasteiger partial charge in [-0.25, -0.2) is 9.78 Å². The molecule has 10 heteroatoms. The molecule has 0 fully saturated rings. The fraction of sp³-hybridized carbons (Fsp3) is 0.235. The molecule has 0 spiro atoms. The molecule has 0 aliphatic rings. The zero-order chi connectivity index (χ0) is 19.7. The lowest BCUT2D eigenvalue weighted by molar-refractivity contribution is -0.122. The van der Waals surface area contributed by atoms with Crippen LogP contribution >= 0.6 is 0 Å². The van der Waals surface area contributed by atoms with Gasteiger partial charge >= 0.3 is 5.69 Å². The number of aromatic nitrogens is 4. The van der Waals surface area contributed by atoms with Crippen molar-refractivity contribution in [1.29, 1.82) is 0 Å². The molecular formula is C17H18N6O4. The molecule has 3 rings (SSSR count). The van der Waals surface area contributed by atoms with Gasteiger partial charge in [0.25, 0.3) is 17.4 Å². The quantitative estimate of drug-likeness (QED) is 0.585. The van der Waals surface area contributed by atoms with Crippen molar-refractivity contribution >= 4 is 23.0 Å². The van der Waals surface area contributed by atoms with Crippen LogP contribution in [0.15, 0.2) is 40.2 Å². The minimum atomic E-state index is -0.554. The van der Waals surface area contributed by atoms with Crippen LogP contribution in [0.5, 0.6) is 0 Å². The maximum Gasteiger partial charge on any atom is 0.332 e. The Kier molecular flexibility index (Phi) is 4.63. The summed E-state index contributed by atoms with van der Waals surface area (Å²) < 4.78 is 3.49. The number of amides is 2. The third-order valence-electron chi connectivity index (χ3n) is 4.16. The second-order valence-corrected chi connectivity index (χ2v) is 6.12. The van der Waals surface area contributed by atoms with E-state index in [2.05, 4.69) is 15.8 Å². The summed E-state index contributed by atoms with van der Waals surface area (Å²) in [5, 5.41) is 0. The van der Waals surface area contributed by atoms with Crippen LogP contribution in [0.4, 0.5) is 0 Å². The van der Waals surface area contributed by atoms with Crippen molar-refractivity contribution in [2.75, 3.05) is 0 Å². The summed E-state index contributed by atoms with van der Waals surface area (Å²) in [4.78, 5) is 52.4. The number of carbonyl (C=O) groups excluding carboxylic acids is 2. The molecule has 2 heterocycles. The van der Waals surface area contributed by atoms with Crippen LogP contribution in [0.3, 0.4) is 0 Å². The minimum absolute atomic E-state index is 0.125. The summed E-state index contributed by atoms with van der Waals surface area (Å²) in [6.45, 7) is 1.65. The van der Waals surface area contributed by atoms with Crippen LogP contribution < -0.4 is 22.1 Å². The van der Waals surface area contributed by atoms with Gasteiger partial charge in [-0.3, -0.25) is 34.4 Å². The van der Waals surface area contributed by atoms with Gasteiger partial charge in [-0.05, 0) is 19.1 Å². The van der Waals surface area contributed by atoms with Crippen molar-refractivity contribution in [3.63, 3.8) is 0 Å². The summed E-state index contributed by atoms with van der Waals surface area (Å²) >= 11 is 0. The Morgan fingerprint density at radius 2 is 1.70 bits per heavy atom. The number of nitrogens with zero attached hydrogens (tertiary/aromatic N) is 4. The molecule has 0 saturated carbocycles. The fourth-order valence-electron chi connectivity index (χ4n) is 2.61. The van der Waals surface area contributed by atoms with Crippen molar-refractivity contribution in [3.8, 4) is 0 Å². The molecule has 140 valence electrons. The van der Waals surface area contributed by atoms with Crippen LogP contribution in [0.25, 0.3) is 11.2 Å². The number of rotatable bonds is 3. The Morgan fingerprint density at radius 3 is 2.37 bits per heavy atom. The first kappa shape index (κ1) is 18.1. The van der Waals surface area contributed by atoms with E-state index in [-0.39, 0.29) is 17.7 Å². The topological polar surface area (TPSA) is 120 Å². The number of hydrogen-bond acceptors (Lipinski definition) is 5. The minimum Gasteiger partial charge on any atom is -0.315 e. The Hall–Kier alpha value is -3.69. The first-order valence-electron chi connectivity index (χ1n) is 8.06. The summed E-state index contributed by atoms with van der Waals surface area (Å²) in [5.74, 6) is -1.01. The number of imidazole rings is 1. The maximum absolute atomic E-state index is 12.3. The highest BCUT2D eigenvalue weighted by Crippen LogP contribution is 2.05. The molecular weight excluding hydrogens is 352 g/mol. The number of hydrazine groups is 1.